The lowest BCUT2D eigenvalue weighted by molar-refractivity contribution is 0.287. The molecule has 0 saturated carbocycles. The van der Waals surface area contributed by atoms with Crippen LogP contribution in [0, 0.1) is 25.2 Å². The highest BCUT2D eigenvalue weighted by atomic mass is 32.2. The number of hydrogen-bond donors (Lipinski definition) is 1. The number of nitrogens with one attached hydrogen (secondary N) is 1. The summed E-state index contributed by atoms with van der Waals surface area (Å²) in [5, 5.41) is 11.9. The molecule has 0 atom stereocenters. The molecule has 1 aliphatic heterocycles. The van der Waals surface area contributed by atoms with E-state index in [4.69, 9.17) is 10.00 Å². The second-order valence-corrected chi connectivity index (χ2v) is 10.8. The van der Waals surface area contributed by atoms with Gasteiger partial charge in [-0.25, -0.2) is 13.4 Å². The van der Waals surface area contributed by atoms with E-state index in [1.807, 2.05) is 56.3 Å². The van der Waals surface area contributed by atoms with Crippen molar-refractivity contribution in [3.8, 4) is 17.7 Å². The summed E-state index contributed by atoms with van der Waals surface area (Å²) in [5.74, 6) is 2.01. The van der Waals surface area contributed by atoms with Gasteiger partial charge in [-0.3, -0.25) is 4.90 Å². The molecule has 0 unspecified atom stereocenters. The van der Waals surface area contributed by atoms with Crippen molar-refractivity contribution in [2.24, 2.45) is 0 Å². The molecular weight excluding hydrogens is 462 g/mol. The summed E-state index contributed by atoms with van der Waals surface area (Å²) in [5.41, 5.74) is 4.78. The Balaban J connectivity index is 1.40. The zero-order chi connectivity index (χ0) is 24.8. The Morgan fingerprint density at radius 2 is 1.80 bits per heavy atom. The van der Waals surface area contributed by atoms with Gasteiger partial charge in [0, 0.05) is 43.7 Å². The molecule has 180 valence electrons. The van der Waals surface area contributed by atoms with Crippen LogP contribution in [0.25, 0.3) is 6.08 Å². The molecule has 2 heterocycles. The Morgan fingerprint density at radius 3 is 2.46 bits per heavy atom. The highest BCUT2D eigenvalue weighted by Gasteiger charge is 2.21. The highest BCUT2D eigenvalue weighted by molar-refractivity contribution is 7.91. The standard InChI is InChI=1S/C26H27N5O3S/c1-19-16-22(4-3-10-27)17-20(2)25(19)34-24-9-11-28-26(30-24)29-23-7-5-21(6-8-23)18-31-12-14-35(32,33)15-13-31/h3-9,11,16-17H,12-15,18H2,1-2H3,(H,28,29,30)/b4-3+. The summed E-state index contributed by atoms with van der Waals surface area (Å²) < 4.78 is 29.3. The van der Waals surface area contributed by atoms with Gasteiger partial charge in [0.05, 0.1) is 17.6 Å². The van der Waals surface area contributed by atoms with Gasteiger partial charge < -0.3 is 10.1 Å². The number of benzene rings is 2. The number of anilines is 2. The van der Waals surface area contributed by atoms with Gasteiger partial charge in [0.1, 0.15) is 5.75 Å². The van der Waals surface area contributed by atoms with E-state index in [0.29, 0.717) is 24.9 Å². The van der Waals surface area contributed by atoms with Crippen LogP contribution in [0.1, 0.15) is 22.3 Å². The summed E-state index contributed by atoms with van der Waals surface area (Å²) >= 11 is 0. The lowest BCUT2D eigenvalue weighted by atomic mass is 10.1. The molecular formula is C26H27N5O3S. The fourth-order valence-corrected chi connectivity index (χ4v) is 5.20. The number of ether oxygens (including phenoxy) is 1. The molecule has 8 nitrogen and oxygen atoms in total. The number of rotatable bonds is 7. The molecule has 4 rings (SSSR count). The fourth-order valence-electron chi connectivity index (χ4n) is 3.93. The smallest absolute Gasteiger partial charge is 0.230 e. The molecule has 3 aromatic rings. The average molecular weight is 490 g/mol. The predicted molar refractivity (Wildman–Crippen MR) is 136 cm³/mol. The topological polar surface area (TPSA) is 108 Å². The molecule has 0 bridgehead atoms. The number of aromatic nitrogens is 2. The predicted octanol–water partition coefficient (Wildman–Crippen LogP) is 4.40. The van der Waals surface area contributed by atoms with Gasteiger partial charge in [-0.05, 0) is 66.4 Å². The minimum atomic E-state index is -2.87. The molecule has 1 N–H and O–H groups in total. The van der Waals surface area contributed by atoms with Crippen LogP contribution in [0.2, 0.25) is 0 Å². The van der Waals surface area contributed by atoms with Crippen molar-refractivity contribution in [1.29, 1.82) is 5.26 Å². The first-order valence-corrected chi connectivity index (χ1v) is 13.1. The van der Waals surface area contributed by atoms with E-state index in [1.54, 1.807) is 18.3 Å². The average Bonchev–Trinajstić information content (AvgIpc) is 2.83. The Bertz CT molecular complexity index is 1340. The molecule has 1 aliphatic rings. The van der Waals surface area contributed by atoms with Crippen molar-refractivity contribution in [3.05, 3.63) is 77.0 Å². The monoisotopic (exact) mass is 489 g/mol. The van der Waals surface area contributed by atoms with E-state index < -0.39 is 9.84 Å². The van der Waals surface area contributed by atoms with Crippen LogP contribution in [-0.2, 0) is 16.4 Å². The van der Waals surface area contributed by atoms with Crippen LogP contribution in [0.4, 0.5) is 11.6 Å². The van der Waals surface area contributed by atoms with Crippen LogP contribution in [0.3, 0.4) is 0 Å². The van der Waals surface area contributed by atoms with Crippen LogP contribution in [0.5, 0.6) is 11.6 Å². The molecule has 1 aromatic heterocycles. The molecule has 35 heavy (non-hydrogen) atoms. The molecule has 1 saturated heterocycles. The fraction of sp³-hybridized carbons (Fsp3) is 0.269. The summed E-state index contributed by atoms with van der Waals surface area (Å²) in [4.78, 5) is 10.9. The molecule has 0 amide bonds. The van der Waals surface area contributed by atoms with Crippen LogP contribution in [0.15, 0.2) is 54.7 Å². The third kappa shape index (κ3) is 6.66. The molecule has 1 fully saturated rings. The lowest BCUT2D eigenvalue weighted by Crippen LogP contribution is -2.39. The largest absolute Gasteiger partial charge is 0.438 e. The van der Waals surface area contributed by atoms with Crippen LogP contribution in [-0.4, -0.2) is 47.9 Å². The van der Waals surface area contributed by atoms with Gasteiger partial charge in [0.15, 0.2) is 9.84 Å². The summed E-state index contributed by atoms with van der Waals surface area (Å²) in [6.45, 7) is 5.77. The van der Waals surface area contributed by atoms with E-state index in [9.17, 15) is 8.42 Å². The van der Waals surface area contributed by atoms with Crippen molar-refractivity contribution in [1.82, 2.24) is 14.9 Å². The van der Waals surface area contributed by atoms with Crippen molar-refractivity contribution in [2.75, 3.05) is 29.9 Å². The van der Waals surface area contributed by atoms with Gasteiger partial charge in [-0.15, -0.1) is 0 Å². The summed E-state index contributed by atoms with van der Waals surface area (Å²) in [6, 6.07) is 15.6. The maximum atomic E-state index is 11.6. The second kappa shape index (κ2) is 10.7. The van der Waals surface area contributed by atoms with Gasteiger partial charge in [-0.2, -0.15) is 10.2 Å². The Morgan fingerprint density at radius 1 is 1.11 bits per heavy atom. The quantitative estimate of drug-likeness (QED) is 0.487. The van der Waals surface area contributed by atoms with Crippen molar-refractivity contribution < 1.29 is 13.2 Å². The number of sulfone groups is 1. The van der Waals surface area contributed by atoms with Crippen LogP contribution >= 0.6 is 0 Å². The van der Waals surface area contributed by atoms with E-state index in [-0.39, 0.29) is 11.5 Å². The van der Waals surface area contributed by atoms with E-state index in [1.165, 1.54) is 6.08 Å². The zero-order valence-corrected chi connectivity index (χ0v) is 20.5. The maximum Gasteiger partial charge on any atom is 0.230 e. The van der Waals surface area contributed by atoms with Gasteiger partial charge >= 0.3 is 0 Å². The molecule has 0 spiro atoms. The normalized spacial score (nSPS) is 15.6. The van der Waals surface area contributed by atoms with Crippen molar-refractivity contribution in [3.63, 3.8) is 0 Å². The van der Waals surface area contributed by atoms with Gasteiger partial charge in [0.25, 0.3) is 0 Å². The number of hydrogen-bond acceptors (Lipinski definition) is 8. The number of nitrogens with zero attached hydrogens (tertiary/aromatic N) is 4. The van der Waals surface area contributed by atoms with Crippen LogP contribution < -0.4 is 10.1 Å². The molecule has 0 aliphatic carbocycles. The first kappa shape index (κ1) is 24.4. The summed E-state index contributed by atoms with van der Waals surface area (Å²) in [6.07, 6.45) is 4.85. The minimum absolute atomic E-state index is 0.226. The molecule has 2 aromatic carbocycles. The SMILES string of the molecule is Cc1cc(/C=C/C#N)cc(C)c1Oc1ccnc(Nc2ccc(CN3CCS(=O)(=O)CC3)cc2)n1. The van der Waals surface area contributed by atoms with Gasteiger partial charge in [0.2, 0.25) is 11.8 Å². The first-order chi connectivity index (χ1) is 16.8. The number of nitriles is 1. The second-order valence-electron chi connectivity index (χ2n) is 8.52. The molecule has 0 radical (unpaired) electrons. The Labute approximate surface area is 205 Å². The van der Waals surface area contributed by atoms with Gasteiger partial charge in [-0.1, -0.05) is 12.1 Å². The van der Waals surface area contributed by atoms with E-state index in [2.05, 4.69) is 20.2 Å². The maximum absolute atomic E-state index is 11.6. The third-order valence-corrected chi connectivity index (χ3v) is 7.33. The van der Waals surface area contributed by atoms with E-state index in [0.717, 1.165) is 40.2 Å². The number of aryl methyl sites for hydroxylation is 2. The van der Waals surface area contributed by atoms with Crippen molar-refractivity contribution >= 4 is 27.5 Å². The molecule has 9 heteroatoms. The van der Waals surface area contributed by atoms with Crippen molar-refractivity contribution in [2.45, 2.75) is 20.4 Å². The lowest BCUT2D eigenvalue weighted by Gasteiger charge is -2.26. The van der Waals surface area contributed by atoms with E-state index >= 15 is 0 Å². The zero-order valence-electron chi connectivity index (χ0n) is 19.7. The first-order valence-electron chi connectivity index (χ1n) is 11.3. The Hall–Kier alpha value is -3.74. The Kier molecular flexibility index (Phi) is 7.44. The third-order valence-electron chi connectivity index (χ3n) is 5.72. The summed E-state index contributed by atoms with van der Waals surface area (Å²) in [7, 11) is -2.87. The highest BCUT2D eigenvalue weighted by Crippen LogP contribution is 2.30. The minimum Gasteiger partial charge on any atom is -0.438 e. The number of allylic oxidation sites excluding steroid dienone is 1.